The van der Waals surface area contributed by atoms with Crippen molar-refractivity contribution in [1.82, 2.24) is 9.97 Å². The maximum Gasteiger partial charge on any atom is 0.273 e. The minimum absolute atomic E-state index is 0.0258. The van der Waals surface area contributed by atoms with Crippen LogP contribution in [0.1, 0.15) is 5.82 Å². The van der Waals surface area contributed by atoms with Crippen LogP contribution in [0.2, 0.25) is 0 Å². The summed E-state index contributed by atoms with van der Waals surface area (Å²) in [6, 6.07) is 6.02. The Bertz CT molecular complexity index is 563. The molecule has 0 saturated heterocycles. The third-order valence-corrected chi connectivity index (χ3v) is 2.76. The van der Waals surface area contributed by atoms with Gasteiger partial charge in [0, 0.05) is 18.5 Å². The number of non-ortho nitro benzene ring substituents is 1. The molecule has 0 aliphatic rings. The van der Waals surface area contributed by atoms with E-state index in [0.717, 1.165) is 0 Å². The van der Waals surface area contributed by atoms with Gasteiger partial charge in [0.2, 0.25) is 0 Å². The second-order valence-electron chi connectivity index (χ2n) is 3.33. The topological polar surface area (TPSA) is 78.2 Å². The van der Waals surface area contributed by atoms with Gasteiger partial charge in [-0.3, -0.25) is 10.1 Å². The second kappa shape index (κ2) is 5.54. The van der Waals surface area contributed by atoms with Gasteiger partial charge in [-0.1, -0.05) is 0 Å². The SMILES string of the molecule is O=[N+]([O-])c1ccc(Br)c(OCc2ncccn2)c1. The van der Waals surface area contributed by atoms with Crippen LogP contribution in [0.4, 0.5) is 5.69 Å². The molecule has 0 bridgehead atoms. The molecule has 92 valence electrons. The third-order valence-electron chi connectivity index (χ3n) is 2.10. The number of halogens is 1. The number of nitro benzene ring substituents is 1. The van der Waals surface area contributed by atoms with Crippen LogP contribution >= 0.6 is 15.9 Å². The summed E-state index contributed by atoms with van der Waals surface area (Å²) in [4.78, 5) is 18.2. The molecule has 0 atom stereocenters. The maximum absolute atomic E-state index is 10.6. The highest BCUT2D eigenvalue weighted by atomic mass is 79.9. The summed E-state index contributed by atoms with van der Waals surface area (Å²) in [6.45, 7) is 0.153. The van der Waals surface area contributed by atoms with E-state index in [2.05, 4.69) is 25.9 Å². The van der Waals surface area contributed by atoms with Crippen molar-refractivity contribution in [3.05, 3.63) is 57.1 Å². The Morgan fingerprint density at radius 2 is 2.06 bits per heavy atom. The lowest BCUT2D eigenvalue weighted by molar-refractivity contribution is -0.385. The third kappa shape index (κ3) is 3.01. The Labute approximate surface area is 111 Å². The van der Waals surface area contributed by atoms with Crippen molar-refractivity contribution in [3.63, 3.8) is 0 Å². The number of benzene rings is 1. The molecule has 1 heterocycles. The highest BCUT2D eigenvalue weighted by Crippen LogP contribution is 2.29. The molecule has 1 aromatic carbocycles. The van der Waals surface area contributed by atoms with Crippen molar-refractivity contribution in [2.24, 2.45) is 0 Å². The van der Waals surface area contributed by atoms with Gasteiger partial charge in [-0.25, -0.2) is 9.97 Å². The van der Waals surface area contributed by atoms with Crippen LogP contribution in [0, 0.1) is 10.1 Å². The fraction of sp³-hybridized carbons (Fsp3) is 0.0909. The van der Waals surface area contributed by atoms with Crippen molar-refractivity contribution in [3.8, 4) is 5.75 Å². The molecular weight excluding hydrogens is 302 g/mol. The van der Waals surface area contributed by atoms with E-state index in [-0.39, 0.29) is 12.3 Å². The average Bonchev–Trinajstić information content (AvgIpc) is 2.38. The number of nitrogens with zero attached hydrogens (tertiary/aromatic N) is 3. The summed E-state index contributed by atoms with van der Waals surface area (Å²) in [7, 11) is 0. The molecular formula is C11H8BrN3O3. The van der Waals surface area contributed by atoms with Gasteiger partial charge in [0.1, 0.15) is 12.4 Å². The van der Waals surface area contributed by atoms with E-state index in [9.17, 15) is 10.1 Å². The normalized spacial score (nSPS) is 10.1. The van der Waals surface area contributed by atoms with E-state index < -0.39 is 4.92 Å². The first-order valence-electron chi connectivity index (χ1n) is 4.99. The quantitative estimate of drug-likeness (QED) is 0.641. The predicted octanol–water partition coefficient (Wildman–Crippen LogP) is 2.73. The summed E-state index contributed by atoms with van der Waals surface area (Å²) in [5, 5.41) is 10.6. The first kappa shape index (κ1) is 12.4. The second-order valence-corrected chi connectivity index (χ2v) is 4.18. The van der Waals surface area contributed by atoms with Gasteiger partial charge in [0.15, 0.2) is 5.82 Å². The lowest BCUT2D eigenvalue weighted by atomic mass is 10.3. The van der Waals surface area contributed by atoms with Gasteiger partial charge in [-0.05, 0) is 28.1 Å². The Morgan fingerprint density at radius 1 is 1.33 bits per heavy atom. The lowest BCUT2D eigenvalue weighted by Crippen LogP contribution is -2.01. The monoisotopic (exact) mass is 309 g/mol. The fourth-order valence-electron chi connectivity index (χ4n) is 1.26. The number of ether oxygens (including phenoxy) is 1. The fourth-order valence-corrected chi connectivity index (χ4v) is 1.62. The van der Waals surface area contributed by atoms with Crippen molar-refractivity contribution in [2.45, 2.75) is 6.61 Å². The largest absolute Gasteiger partial charge is 0.484 e. The molecule has 0 radical (unpaired) electrons. The summed E-state index contributed by atoms with van der Waals surface area (Å²) in [5.74, 6) is 0.896. The Balaban J connectivity index is 2.14. The molecule has 18 heavy (non-hydrogen) atoms. The molecule has 0 amide bonds. The zero-order chi connectivity index (χ0) is 13.0. The highest BCUT2D eigenvalue weighted by Gasteiger charge is 2.10. The minimum atomic E-state index is -0.474. The van der Waals surface area contributed by atoms with Crippen LogP contribution in [0.25, 0.3) is 0 Å². The average molecular weight is 310 g/mol. The summed E-state index contributed by atoms with van der Waals surface area (Å²) in [5.41, 5.74) is -0.0258. The molecule has 0 aliphatic heterocycles. The zero-order valence-electron chi connectivity index (χ0n) is 9.12. The molecule has 2 aromatic rings. The van der Waals surface area contributed by atoms with Crippen molar-refractivity contribution >= 4 is 21.6 Å². The zero-order valence-corrected chi connectivity index (χ0v) is 10.7. The van der Waals surface area contributed by atoms with Crippen LogP contribution in [-0.4, -0.2) is 14.9 Å². The van der Waals surface area contributed by atoms with Crippen LogP contribution < -0.4 is 4.74 Å². The van der Waals surface area contributed by atoms with Gasteiger partial charge in [-0.2, -0.15) is 0 Å². The first-order valence-corrected chi connectivity index (χ1v) is 5.79. The Kier molecular flexibility index (Phi) is 3.83. The summed E-state index contributed by atoms with van der Waals surface area (Å²) < 4.78 is 6.08. The van der Waals surface area contributed by atoms with Gasteiger partial charge in [-0.15, -0.1) is 0 Å². The molecule has 1 aromatic heterocycles. The molecule has 0 unspecified atom stereocenters. The van der Waals surface area contributed by atoms with E-state index in [0.29, 0.717) is 16.0 Å². The molecule has 0 saturated carbocycles. The van der Waals surface area contributed by atoms with E-state index in [4.69, 9.17) is 4.74 Å². The molecule has 7 heteroatoms. The maximum atomic E-state index is 10.6. The number of nitro groups is 1. The van der Waals surface area contributed by atoms with Crippen LogP contribution in [0.3, 0.4) is 0 Å². The first-order chi connectivity index (χ1) is 8.66. The molecule has 6 nitrogen and oxygen atoms in total. The van der Waals surface area contributed by atoms with Crippen LogP contribution in [0.15, 0.2) is 41.1 Å². The summed E-state index contributed by atoms with van der Waals surface area (Å²) in [6.07, 6.45) is 3.21. The van der Waals surface area contributed by atoms with Crippen LogP contribution in [0.5, 0.6) is 5.75 Å². The van der Waals surface area contributed by atoms with Gasteiger partial charge in [0.05, 0.1) is 15.5 Å². The predicted molar refractivity (Wildman–Crippen MR) is 67.2 cm³/mol. The van der Waals surface area contributed by atoms with Crippen molar-refractivity contribution in [1.29, 1.82) is 0 Å². The van der Waals surface area contributed by atoms with Gasteiger partial charge in [0.25, 0.3) is 5.69 Å². The molecule has 0 fully saturated rings. The summed E-state index contributed by atoms with van der Waals surface area (Å²) >= 11 is 3.26. The molecule has 2 rings (SSSR count). The number of aromatic nitrogens is 2. The van der Waals surface area contributed by atoms with Crippen LogP contribution in [-0.2, 0) is 6.61 Å². The van der Waals surface area contributed by atoms with Crippen molar-refractivity contribution in [2.75, 3.05) is 0 Å². The molecule has 0 aliphatic carbocycles. The van der Waals surface area contributed by atoms with E-state index in [1.807, 2.05) is 0 Å². The van der Waals surface area contributed by atoms with Crippen molar-refractivity contribution < 1.29 is 9.66 Å². The van der Waals surface area contributed by atoms with Gasteiger partial charge >= 0.3 is 0 Å². The van der Waals surface area contributed by atoms with E-state index in [1.54, 1.807) is 24.5 Å². The minimum Gasteiger partial charge on any atom is -0.484 e. The smallest absolute Gasteiger partial charge is 0.273 e. The number of hydrogen-bond acceptors (Lipinski definition) is 5. The van der Waals surface area contributed by atoms with E-state index in [1.165, 1.54) is 12.1 Å². The standard InChI is InChI=1S/C11H8BrN3O3/c12-9-3-2-8(15(16)17)6-10(9)18-7-11-13-4-1-5-14-11/h1-6H,7H2. The van der Waals surface area contributed by atoms with E-state index >= 15 is 0 Å². The Hall–Kier alpha value is -2.02. The molecule has 0 spiro atoms. The highest BCUT2D eigenvalue weighted by molar-refractivity contribution is 9.10. The number of rotatable bonds is 4. The molecule has 0 N–H and O–H groups in total. The Morgan fingerprint density at radius 3 is 2.72 bits per heavy atom. The lowest BCUT2D eigenvalue weighted by Gasteiger charge is -2.06. The van der Waals surface area contributed by atoms with Gasteiger partial charge < -0.3 is 4.74 Å². The number of hydrogen-bond donors (Lipinski definition) is 0.